The Hall–Kier alpha value is -2.82. The predicted molar refractivity (Wildman–Crippen MR) is 125 cm³/mol. The topological polar surface area (TPSA) is 58.6 Å². The van der Waals surface area contributed by atoms with E-state index in [0.717, 1.165) is 27.8 Å². The van der Waals surface area contributed by atoms with Crippen LogP contribution in [0.25, 0.3) is 0 Å². The number of nitrogens with zero attached hydrogens (tertiary/aromatic N) is 1. The summed E-state index contributed by atoms with van der Waals surface area (Å²) < 4.78 is 5.92. The molecule has 5 nitrogen and oxygen atoms in total. The standard InChI is InChI=1S/C26H36N2O3/c1-17-13-19(3)20(4)23(14-17)31-16-24(29)28(15-22-12-10-9-11-18(22)2)21(5)25(30)27-26(6,7)8/h9-14,21H,15-16H2,1-8H3,(H,27,30)/t21-/m0/s1. The molecule has 0 bridgehead atoms. The molecule has 0 saturated carbocycles. The van der Waals surface area contributed by atoms with Gasteiger partial charge in [-0.1, -0.05) is 30.3 Å². The first-order valence-electron chi connectivity index (χ1n) is 10.8. The Labute approximate surface area is 186 Å². The average Bonchev–Trinajstić information content (AvgIpc) is 2.67. The van der Waals surface area contributed by atoms with Crippen LogP contribution in [0, 0.1) is 27.7 Å². The highest BCUT2D eigenvalue weighted by atomic mass is 16.5. The predicted octanol–water partition coefficient (Wildman–Crippen LogP) is 4.63. The van der Waals surface area contributed by atoms with Gasteiger partial charge in [0.15, 0.2) is 6.61 Å². The van der Waals surface area contributed by atoms with E-state index in [4.69, 9.17) is 4.74 Å². The molecule has 0 aliphatic carbocycles. The first-order valence-corrected chi connectivity index (χ1v) is 10.8. The van der Waals surface area contributed by atoms with E-state index < -0.39 is 6.04 Å². The smallest absolute Gasteiger partial charge is 0.261 e. The third-order valence-corrected chi connectivity index (χ3v) is 5.38. The Balaban J connectivity index is 2.25. The molecule has 0 unspecified atom stereocenters. The molecule has 5 heteroatoms. The molecule has 0 heterocycles. The summed E-state index contributed by atoms with van der Waals surface area (Å²) in [4.78, 5) is 27.7. The minimum Gasteiger partial charge on any atom is -0.483 e. The Kier molecular flexibility index (Phi) is 7.88. The molecule has 0 spiro atoms. The quantitative estimate of drug-likeness (QED) is 0.705. The molecule has 168 valence electrons. The van der Waals surface area contributed by atoms with Gasteiger partial charge in [0.25, 0.3) is 5.91 Å². The van der Waals surface area contributed by atoms with Gasteiger partial charge in [-0.15, -0.1) is 0 Å². The van der Waals surface area contributed by atoms with Gasteiger partial charge < -0.3 is 15.0 Å². The third-order valence-electron chi connectivity index (χ3n) is 5.38. The Bertz CT molecular complexity index is 944. The molecule has 2 aromatic carbocycles. The SMILES string of the molecule is Cc1cc(C)c(C)c(OCC(=O)N(Cc2ccccc2C)[C@@H](C)C(=O)NC(C)(C)C)c1. The van der Waals surface area contributed by atoms with E-state index in [-0.39, 0.29) is 24.0 Å². The lowest BCUT2D eigenvalue weighted by Crippen LogP contribution is -2.53. The van der Waals surface area contributed by atoms with Crippen molar-refractivity contribution in [3.8, 4) is 5.75 Å². The van der Waals surface area contributed by atoms with Crippen molar-refractivity contribution in [2.24, 2.45) is 0 Å². The minimum atomic E-state index is -0.629. The van der Waals surface area contributed by atoms with Crippen LogP contribution in [0.5, 0.6) is 5.75 Å². The van der Waals surface area contributed by atoms with Crippen molar-refractivity contribution in [3.63, 3.8) is 0 Å². The fraction of sp³-hybridized carbons (Fsp3) is 0.462. The number of amides is 2. The van der Waals surface area contributed by atoms with Crippen molar-refractivity contribution in [2.45, 2.75) is 73.5 Å². The van der Waals surface area contributed by atoms with Crippen molar-refractivity contribution >= 4 is 11.8 Å². The molecule has 2 amide bonds. The largest absolute Gasteiger partial charge is 0.483 e. The van der Waals surface area contributed by atoms with Crippen molar-refractivity contribution in [1.29, 1.82) is 0 Å². The van der Waals surface area contributed by atoms with E-state index in [1.54, 1.807) is 11.8 Å². The van der Waals surface area contributed by atoms with Crippen LogP contribution in [-0.2, 0) is 16.1 Å². The molecule has 0 radical (unpaired) electrons. The van der Waals surface area contributed by atoms with Gasteiger partial charge in [-0.25, -0.2) is 0 Å². The fourth-order valence-corrected chi connectivity index (χ4v) is 3.40. The molecule has 0 aliphatic heterocycles. The van der Waals surface area contributed by atoms with Gasteiger partial charge in [0.05, 0.1) is 0 Å². The molecule has 31 heavy (non-hydrogen) atoms. The summed E-state index contributed by atoms with van der Waals surface area (Å²) >= 11 is 0. The van der Waals surface area contributed by atoms with Gasteiger partial charge in [0.1, 0.15) is 11.8 Å². The molecule has 0 aromatic heterocycles. The van der Waals surface area contributed by atoms with Gasteiger partial charge in [0, 0.05) is 12.1 Å². The van der Waals surface area contributed by atoms with E-state index >= 15 is 0 Å². The highest BCUT2D eigenvalue weighted by Crippen LogP contribution is 2.23. The maximum atomic E-state index is 13.2. The maximum absolute atomic E-state index is 13.2. The highest BCUT2D eigenvalue weighted by molar-refractivity contribution is 5.88. The number of nitrogens with one attached hydrogen (secondary N) is 1. The zero-order chi connectivity index (χ0) is 23.3. The molecule has 1 atom stereocenters. The van der Waals surface area contributed by atoms with Crippen molar-refractivity contribution in [3.05, 3.63) is 64.2 Å². The minimum absolute atomic E-state index is 0.122. The first-order chi connectivity index (χ1) is 14.4. The molecule has 0 fully saturated rings. The number of aryl methyl sites for hydroxylation is 3. The third kappa shape index (κ3) is 6.84. The monoisotopic (exact) mass is 424 g/mol. The van der Waals surface area contributed by atoms with E-state index in [1.165, 1.54) is 0 Å². The van der Waals surface area contributed by atoms with Crippen LogP contribution in [0.4, 0.5) is 0 Å². The van der Waals surface area contributed by atoms with Crippen LogP contribution in [0.1, 0.15) is 55.5 Å². The van der Waals surface area contributed by atoms with Crippen molar-refractivity contribution in [2.75, 3.05) is 6.61 Å². The summed E-state index contributed by atoms with van der Waals surface area (Å²) in [6, 6.07) is 11.3. The van der Waals surface area contributed by atoms with Crippen molar-refractivity contribution < 1.29 is 14.3 Å². The summed E-state index contributed by atoms with van der Waals surface area (Å²) in [6.45, 7) is 15.8. The van der Waals surface area contributed by atoms with Crippen LogP contribution >= 0.6 is 0 Å². The number of carbonyl (C=O) groups is 2. The number of hydrogen-bond acceptors (Lipinski definition) is 3. The summed E-state index contributed by atoms with van der Waals surface area (Å²) in [6.07, 6.45) is 0. The Morgan fingerprint density at radius 3 is 2.29 bits per heavy atom. The van der Waals surface area contributed by atoms with Crippen LogP contribution in [0.15, 0.2) is 36.4 Å². The van der Waals surface area contributed by atoms with Crippen molar-refractivity contribution in [1.82, 2.24) is 10.2 Å². The molecule has 0 aliphatic rings. The summed E-state index contributed by atoms with van der Waals surface area (Å²) in [5.74, 6) is 0.295. The maximum Gasteiger partial charge on any atom is 0.261 e. The lowest BCUT2D eigenvalue weighted by molar-refractivity contribution is -0.142. The Morgan fingerprint density at radius 2 is 1.68 bits per heavy atom. The summed E-state index contributed by atoms with van der Waals surface area (Å²) in [7, 11) is 0. The number of carbonyl (C=O) groups excluding carboxylic acids is 2. The molecular formula is C26H36N2O3. The van der Waals surface area contributed by atoms with Crippen LogP contribution in [0.3, 0.4) is 0 Å². The lowest BCUT2D eigenvalue weighted by Gasteiger charge is -2.31. The summed E-state index contributed by atoms with van der Waals surface area (Å²) in [5.41, 5.74) is 4.93. The molecule has 1 N–H and O–H groups in total. The van der Waals surface area contributed by atoms with Gasteiger partial charge in [-0.2, -0.15) is 0 Å². The van der Waals surface area contributed by atoms with Gasteiger partial charge in [-0.05, 0) is 89.3 Å². The second-order valence-electron chi connectivity index (χ2n) is 9.36. The molecule has 0 saturated heterocycles. The molecule has 2 rings (SSSR count). The van der Waals surface area contributed by atoms with Gasteiger partial charge >= 0.3 is 0 Å². The Morgan fingerprint density at radius 1 is 1.03 bits per heavy atom. The average molecular weight is 425 g/mol. The normalized spacial score (nSPS) is 12.3. The fourth-order valence-electron chi connectivity index (χ4n) is 3.40. The zero-order valence-corrected chi connectivity index (χ0v) is 20.1. The second-order valence-corrected chi connectivity index (χ2v) is 9.36. The van der Waals surface area contributed by atoms with Crippen LogP contribution in [-0.4, -0.2) is 34.9 Å². The number of ether oxygens (including phenoxy) is 1. The van der Waals surface area contributed by atoms with E-state index in [0.29, 0.717) is 12.3 Å². The highest BCUT2D eigenvalue weighted by Gasteiger charge is 2.29. The van der Waals surface area contributed by atoms with E-state index in [9.17, 15) is 9.59 Å². The molecule has 2 aromatic rings. The summed E-state index contributed by atoms with van der Waals surface area (Å²) in [5, 5.41) is 2.98. The van der Waals surface area contributed by atoms with Gasteiger partial charge in [0.2, 0.25) is 5.91 Å². The molecular weight excluding hydrogens is 388 g/mol. The lowest BCUT2D eigenvalue weighted by atomic mass is 10.1. The van der Waals surface area contributed by atoms with E-state index in [2.05, 4.69) is 11.4 Å². The zero-order valence-electron chi connectivity index (χ0n) is 20.1. The second kappa shape index (κ2) is 9.99. The van der Waals surface area contributed by atoms with E-state index in [1.807, 2.05) is 78.8 Å². The number of benzene rings is 2. The first kappa shape index (κ1) is 24.4. The number of hydrogen-bond donors (Lipinski definition) is 1. The van der Waals surface area contributed by atoms with Crippen LogP contribution < -0.4 is 10.1 Å². The number of rotatable bonds is 7. The van der Waals surface area contributed by atoms with Gasteiger partial charge in [-0.3, -0.25) is 9.59 Å². The van der Waals surface area contributed by atoms with Crippen LogP contribution in [0.2, 0.25) is 0 Å².